The molecule has 0 bridgehead atoms. The Hall–Kier alpha value is -1.85. The van der Waals surface area contributed by atoms with E-state index in [4.69, 9.17) is 0 Å². The summed E-state index contributed by atoms with van der Waals surface area (Å²) in [5, 5.41) is 11.1. The van der Waals surface area contributed by atoms with E-state index >= 15 is 0 Å². The van der Waals surface area contributed by atoms with Crippen LogP contribution in [-0.4, -0.2) is 36.5 Å². The lowest BCUT2D eigenvalue weighted by atomic mass is 9.93. The van der Waals surface area contributed by atoms with Crippen LogP contribution in [0.1, 0.15) is 40.7 Å². The van der Waals surface area contributed by atoms with Crippen LogP contribution in [0.3, 0.4) is 0 Å². The van der Waals surface area contributed by atoms with Gasteiger partial charge in [-0.25, -0.2) is 0 Å². The number of hydrogen-bond acceptors (Lipinski definition) is 4. The van der Waals surface area contributed by atoms with E-state index in [0.29, 0.717) is 11.5 Å². The van der Waals surface area contributed by atoms with Crippen molar-refractivity contribution in [2.75, 3.05) is 25.0 Å². The molecule has 5 rings (SSSR count). The number of anilines is 1. The van der Waals surface area contributed by atoms with Crippen molar-refractivity contribution >= 4 is 22.9 Å². The molecule has 4 nitrogen and oxygen atoms in total. The lowest BCUT2D eigenvalue weighted by molar-refractivity contribution is 0.0692. The van der Waals surface area contributed by atoms with Gasteiger partial charge < -0.3 is 15.5 Å². The molecule has 1 aliphatic carbocycles. The number of thiophene rings is 1. The van der Waals surface area contributed by atoms with Crippen molar-refractivity contribution in [3.8, 4) is 0 Å². The molecule has 1 spiro atoms. The molecule has 1 amide bonds. The van der Waals surface area contributed by atoms with Gasteiger partial charge in [-0.05, 0) is 90.3 Å². The number of piperidine rings is 1. The van der Waals surface area contributed by atoms with Crippen LogP contribution in [0.15, 0.2) is 35.0 Å². The Kier molecular flexibility index (Phi) is 4.02. The van der Waals surface area contributed by atoms with Crippen LogP contribution in [0.5, 0.6) is 0 Å². The van der Waals surface area contributed by atoms with Gasteiger partial charge in [0.15, 0.2) is 0 Å². The topological polar surface area (TPSA) is 44.4 Å². The van der Waals surface area contributed by atoms with Crippen LogP contribution in [0.2, 0.25) is 0 Å². The predicted octanol–water partition coefficient (Wildman–Crippen LogP) is 3.50. The number of rotatable bonds is 4. The van der Waals surface area contributed by atoms with Gasteiger partial charge in [-0.1, -0.05) is 0 Å². The van der Waals surface area contributed by atoms with Crippen molar-refractivity contribution < 1.29 is 4.79 Å². The summed E-state index contributed by atoms with van der Waals surface area (Å²) in [5.74, 6) is 0.200. The summed E-state index contributed by atoms with van der Waals surface area (Å²) in [6.45, 7) is 3.88. The van der Waals surface area contributed by atoms with Crippen molar-refractivity contribution in [3.63, 3.8) is 0 Å². The summed E-state index contributed by atoms with van der Waals surface area (Å²) >= 11 is 1.71. The molecule has 3 heterocycles. The predicted molar refractivity (Wildman–Crippen MR) is 106 cm³/mol. The standard InChI is InChI=1S/C21H25N3OS/c25-20(17-1-2-18-16(11-17)3-7-23-18)24(13-15-4-10-26-14-15)19-12-21(19)5-8-22-9-6-21/h1-2,4,10-11,14,19,22-23H,3,5-9,12-13H2. The van der Waals surface area contributed by atoms with Crippen molar-refractivity contribution in [1.29, 1.82) is 0 Å². The second-order valence-electron chi connectivity index (χ2n) is 7.95. The average molecular weight is 368 g/mol. The third kappa shape index (κ3) is 2.83. The van der Waals surface area contributed by atoms with Crippen molar-refractivity contribution in [2.45, 2.75) is 38.3 Å². The van der Waals surface area contributed by atoms with E-state index in [1.54, 1.807) is 11.3 Å². The van der Waals surface area contributed by atoms with Crippen LogP contribution in [0.4, 0.5) is 5.69 Å². The van der Waals surface area contributed by atoms with Crippen molar-refractivity contribution in [2.24, 2.45) is 5.41 Å². The first-order chi connectivity index (χ1) is 12.8. The van der Waals surface area contributed by atoms with Gasteiger partial charge >= 0.3 is 0 Å². The van der Waals surface area contributed by atoms with E-state index in [-0.39, 0.29) is 5.91 Å². The Morgan fingerprint density at radius 2 is 2.12 bits per heavy atom. The number of amides is 1. The van der Waals surface area contributed by atoms with E-state index in [9.17, 15) is 4.79 Å². The summed E-state index contributed by atoms with van der Waals surface area (Å²) in [4.78, 5) is 15.6. The average Bonchev–Trinajstić information content (AvgIpc) is 3.08. The zero-order valence-electron chi connectivity index (χ0n) is 15.0. The fourth-order valence-corrected chi connectivity index (χ4v) is 5.40. The summed E-state index contributed by atoms with van der Waals surface area (Å²) in [6, 6.07) is 8.72. The molecule has 2 aliphatic heterocycles. The highest BCUT2D eigenvalue weighted by Gasteiger charge is 2.57. The van der Waals surface area contributed by atoms with E-state index in [1.807, 2.05) is 6.07 Å². The molecule has 2 fully saturated rings. The molecular formula is C21H25N3OS. The molecular weight excluding hydrogens is 342 g/mol. The Bertz CT molecular complexity index is 811. The maximum absolute atomic E-state index is 13.5. The monoisotopic (exact) mass is 367 g/mol. The molecule has 3 aliphatic rings. The molecule has 26 heavy (non-hydrogen) atoms. The number of benzene rings is 1. The Morgan fingerprint density at radius 1 is 1.23 bits per heavy atom. The van der Waals surface area contributed by atoms with E-state index < -0.39 is 0 Å². The molecule has 2 aromatic rings. The van der Waals surface area contributed by atoms with Gasteiger partial charge in [-0.3, -0.25) is 4.79 Å². The van der Waals surface area contributed by atoms with Crippen molar-refractivity contribution in [1.82, 2.24) is 10.2 Å². The van der Waals surface area contributed by atoms with E-state index in [1.165, 1.54) is 29.7 Å². The first kappa shape index (κ1) is 16.3. The lowest BCUT2D eigenvalue weighted by Gasteiger charge is -2.29. The van der Waals surface area contributed by atoms with Crippen LogP contribution in [0.25, 0.3) is 0 Å². The highest BCUT2D eigenvalue weighted by Crippen LogP contribution is 2.56. The maximum atomic E-state index is 13.5. The molecule has 5 heteroatoms. The summed E-state index contributed by atoms with van der Waals surface area (Å²) < 4.78 is 0. The molecule has 1 aromatic carbocycles. The zero-order valence-corrected chi connectivity index (χ0v) is 15.8. The third-order valence-electron chi connectivity index (χ3n) is 6.38. The smallest absolute Gasteiger partial charge is 0.254 e. The van der Waals surface area contributed by atoms with Gasteiger partial charge in [0.05, 0.1) is 0 Å². The largest absolute Gasteiger partial charge is 0.384 e. The number of carbonyl (C=O) groups excluding carboxylic acids is 1. The van der Waals surface area contributed by atoms with Gasteiger partial charge in [-0.15, -0.1) is 0 Å². The third-order valence-corrected chi connectivity index (χ3v) is 7.11. The molecule has 1 aromatic heterocycles. The minimum Gasteiger partial charge on any atom is -0.384 e. The molecule has 1 saturated carbocycles. The van der Waals surface area contributed by atoms with Gasteiger partial charge in [0.2, 0.25) is 0 Å². The Labute approximate surface area is 158 Å². The summed E-state index contributed by atoms with van der Waals surface area (Å²) in [5.41, 5.74) is 4.92. The number of carbonyl (C=O) groups is 1. The fraction of sp³-hybridized carbons (Fsp3) is 0.476. The highest BCUT2D eigenvalue weighted by atomic mass is 32.1. The van der Waals surface area contributed by atoms with Crippen molar-refractivity contribution in [3.05, 3.63) is 51.7 Å². The van der Waals surface area contributed by atoms with E-state index in [0.717, 1.165) is 44.6 Å². The Balaban J connectivity index is 1.43. The van der Waals surface area contributed by atoms with Crippen LogP contribution in [0, 0.1) is 5.41 Å². The SMILES string of the molecule is O=C(c1ccc2c(c1)CCN2)N(Cc1ccsc1)C1CC12CCNCC2. The molecule has 136 valence electrons. The molecule has 2 N–H and O–H groups in total. The van der Waals surface area contributed by atoms with Crippen LogP contribution in [-0.2, 0) is 13.0 Å². The van der Waals surface area contributed by atoms with Gasteiger partial charge in [-0.2, -0.15) is 11.3 Å². The Morgan fingerprint density at radius 3 is 2.92 bits per heavy atom. The van der Waals surface area contributed by atoms with Gasteiger partial charge in [0, 0.05) is 30.4 Å². The number of hydrogen-bond donors (Lipinski definition) is 2. The molecule has 1 saturated heterocycles. The van der Waals surface area contributed by atoms with Crippen LogP contribution < -0.4 is 10.6 Å². The molecule has 0 radical (unpaired) electrons. The minimum absolute atomic E-state index is 0.200. The number of nitrogens with zero attached hydrogens (tertiary/aromatic N) is 1. The fourth-order valence-electron chi connectivity index (χ4n) is 4.74. The second-order valence-corrected chi connectivity index (χ2v) is 8.73. The molecule has 1 unspecified atom stereocenters. The molecule has 1 atom stereocenters. The highest BCUT2D eigenvalue weighted by molar-refractivity contribution is 7.07. The van der Waals surface area contributed by atoms with E-state index in [2.05, 4.69) is 44.5 Å². The van der Waals surface area contributed by atoms with Gasteiger partial charge in [0.25, 0.3) is 5.91 Å². The maximum Gasteiger partial charge on any atom is 0.254 e. The zero-order chi connectivity index (χ0) is 17.6. The summed E-state index contributed by atoms with van der Waals surface area (Å²) in [7, 11) is 0. The summed E-state index contributed by atoms with van der Waals surface area (Å²) in [6.07, 6.45) is 4.56. The number of nitrogens with one attached hydrogen (secondary N) is 2. The quantitative estimate of drug-likeness (QED) is 0.869. The first-order valence-corrected chi connectivity index (χ1v) is 10.6. The number of fused-ring (bicyclic) bond motifs is 1. The lowest BCUT2D eigenvalue weighted by Crippen LogP contribution is -2.39. The van der Waals surface area contributed by atoms with Crippen LogP contribution >= 0.6 is 11.3 Å². The first-order valence-electron chi connectivity index (χ1n) is 9.65. The second kappa shape index (κ2) is 6.39. The normalized spacial score (nSPS) is 22.7. The van der Waals surface area contributed by atoms with Gasteiger partial charge in [0.1, 0.15) is 0 Å². The minimum atomic E-state index is 0.200.